The molecule has 1 aromatic rings. The third-order valence-electron chi connectivity index (χ3n) is 1.21. The lowest BCUT2D eigenvalue weighted by atomic mass is 10.4. The summed E-state index contributed by atoms with van der Waals surface area (Å²) in [6.45, 7) is 3.46. The Balaban J connectivity index is 3.09. The van der Waals surface area contributed by atoms with Crippen LogP contribution >= 0.6 is 7.14 Å². The maximum absolute atomic E-state index is 11.4. The first-order chi connectivity index (χ1) is 4.61. The Hall–Kier alpha value is -0.730. The van der Waals surface area contributed by atoms with Gasteiger partial charge in [-0.1, -0.05) is 18.2 Å². The van der Waals surface area contributed by atoms with E-state index in [4.69, 9.17) is 0 Å². The van der Waals surface area contributed by atoms with Crippen LogP contribution < -0.4 is 5.30 Å². The van der Waals surface area contributed by atoms with Crippen LogP contribution in [0, 0.1) is 12.1 Å². The van der Waals surface area contributed by atoms with Crippen molar-refractivity contribution < 1.29 is 4.57 Å². The molecule has 0 aliphatic rings. The fraction of sp³-hybridized carbons (Fsp3) is 0.250. The molecule has 0 amide bonds. The molecule has 0 atom stereocenters. The first-order valence-electron chi connectivity index (χ1n) is 3.04. The molecule has 0 aliphatic carbocycles. The van der Waals surface area contributed by atoms with Gasteiger partial charge in [-0.2, -0.15) is 0 Å². The Morgan fingerprint density at radius 3 is 2.50 bits per heavy atom. The molecule has 10 heavy (non-hydrogen) atoms. The summed E-state index contributed by atoms with van der Waals surface area (Å²) in [5, 5.41) is 0.773. The fourth-order valence-corrected chi connectivity index (χ4v) is 1.44. The molecule has 1 rings (SSSR count). The first kappa shape index (κ1) is 7.38. The minimum absolute atomic E-state index is 0.773. The van der Waals surface area contributed by atoms with Crippen LogP contribution in [0.25, 0.3) is 0 Å². The van der Waals surface area contributed by atoms with E-state index >= 15 is 0 Å². The number of hydrogen-bond donors (Lipinski definition) is 0. The normalized spacial score (nSPS) is 10.6. The predicted molar refractivity (Wildman–Crippen MR) is 43.2 cm³/mol. The van der Waals surface area contributed by atoms with Gasteiger partial charge in [0.15, 0.2) is 0 Å². The van der Waals surface area contributed by atoms with E-state index in [0.29, 0.717) is 0 Å². The molecule has 0 spiro atoms. The van der Waals surface area contributed by atoms with Crippen molar-refractivity contribution in [2.24, 2.45) is 0 Å². The van der Waals surface area contributed by atoms with Crippen molar-refractivity contribution in [3.05, 3.63) is 30.3 Å². The molecule has 0 saturated carbocycles. The molecule has 2 heteroatoms. The van der Waals surface area contributed by atoms with Crippen molar-refractivity contribution >= 4 is 12.4 Å². The highest BCUT2D eigenvalue weighted by Crippen LogP contribution is 2.32. The zero-order valence-electron chi connectivity index (χ0n) is 6.09. The van der Waals surface area contributed by atoms with Gasteiger partial charge in [-0.3, -0.25) is 0 Å². The van der Waals surface area contributed by atoms with Gasteiger partial charge in [0.05, 0.1) is 5.30 Å². The monoisotopic (exact) mass is 152 g/mol. The Kier molecular flexibility index (Phi) is 1.83. The van der Waals surface area contributed by atoms with E-state index in [0.717, 1.165) is 5.30 Å². The van der Waals surface area contributed by atoms with Crippen molar-refractivity contribution in [2.45, 2.75) is 0 Å². The predicted octanol–water partition coefficient (Wildman–Crippen LogP) is 1.53. The van der Waals surface area contributed by atoms with Crippen molar-refractivity contribution in [1.82, 2.24) is 0 Å². The molecule has 0 saturated heterocycles. The molecule has 0 heterocycles. The van der Waals surface area contributed by atoms with E-state index in [2.05, 4.69) is 12.1 Å². The van der Waals surface area contributed by atoms with Crippen molar-refractivity contribution in [2.75, 3.05) is 13.3 Å². The Morgan fingerprint density at radius 2 is 2.20 bits per heavy atom. The van der Waals surface area contributed by atoms with Crippen molar-refractivity contribution in [1.29, 1.82) is 0 Å². The minimum Gasteiger partial charge on any atom is -0.319 e. The lowest BCUT2D eigenvalue weighted by molar-refractivity contribution is 0.588. The highest BCUT2D eigenvalue weighted by atomic mass is 31.2. The van der Waals surface area contributed by atoms with Crippen LogP contribution in [0.15, 0.2) is 18.2 Å². The second kappa shape index (κ2) is 2.48. The molecule has 0 bridgehead atoms. The average molecular weight is 152 g/mol. The molecular formula is C8H9OP. The molecular weight excluding hydrogens is 143 g/mol. The van der Waals surface area contributed by atoms with E-state index in [1.807, 2.05) is 12.1 Å². The van der Waals surface area contributed by atoms with Crippen LogP contribution in [-0.4, -0.2) is 13.3 Å². The summed E-state index contributed by atoms with van der Waals surface area (Å²) in [6.07, 6.45) is 0. The maximum atomic E-state index is 11.4. The summed E-state index contributed by atoms with van der Waals surface area (Å²) in [5.41, 5.74) is 0. The van der Waals surface area contributed by atoms with Gasteiger partial charge in [-0.25, -0.2) is 0 Å². The van der Waals surface area contributed by atoms with Gasteiger partial charge in [-0.05, 0) is 25.5 Å². The van der Waals surface area contributed by atoms with Crippen LogP contribution in [-0.2, 0) is 4.57 Å². The van der Waals surface area contributed by atoms with Gasteiger partial charge in [0.2, 0.25) is 0 Å². The first-order valence-corrected chi connectivity index (χ1v) is 5.65. The second-order valence-corrected chi connectivity index (χ2v) is 5.71. The molecule has 1 nitrogen and oxygen atoms in total. The van der Waals surface area contributed by atoms with E-state index in [1.165, 1.54) is 0 Å². The van der Waals surface area contributed by atoms with Crippen LogP contribution in [0.2, 0.25) is 0 Å². The van der Waals surface area contributed by atoms with Crippen LogP contribution in [0.4, 0.5) is 0 Å². The summed E-state index contributed by atoms with van der Waals surface area (Å²) in [6, 6.07) is 11.0. The molecule has 0 unspecified atom stereocenters. The maximum Gasteiger partial charge on any atom is 0.117 e. The van der Waals surface area contributed by atoms with E-state index in [9.17, 15) is 4.57 Å². The molecule has 1 aromatic carbocycles. The zero-order chi connectivity index (χ0) is 7.61. The summed E-state index contributed by atoms with van der Waals surface area (Å²) < 4.78 is 11.4. The lowest BCUT2D eigenvalue weighted by Gasteiger charge is -2.00. The fourth-order valence-electron chi connectivity index (χ4n) is 0.659. The van der Waals surface area contributed by atoms with Gasteiger partial charge in [-0.15, -0.1) is 0 Å². The van der Waals surface area contributed by atoms with Crippen molar-refractivity contribution in [3.63, 3.8) is 0 Å². The molecule has 0 aliphatic heterocycles. The van der Waals surface area contributed by atoms with E-state index in [-0.39, 0.29) is 0 Å². The quantitative estimate of drug-likeness (QED) is 0.558. The standard InChI is InChI=1S/C8H9OP/c1-10(2,9)8-6-4-3-5-7-8/h3-4,6H,1-2H3. The molecule has 0 aromatic heterocycles. The van der Waals surface area contributed by atoms with E-state index < -0.39 is 7.14 Å². The Morgan fingerprint density at radius 1 is 1.50 bits per heavy atom. The summed E-state index contributed by atoms with van der Waals surface area (Å²) in [4.78, 5) is 0. The summed E-state index contributed by atoms with van der Waals surface area (Å²) in [7, 11) is -2.10. The highest BCUT2D eigenvalue weighted by molar-refractivity contribution is 7.70. The van der Waals surface area contributed by atoms with Gasteiger partial charge in [0.25, 0.3) is 0 Å². The van der Waals surface area contributed by atoms with Crippen LogP contribution in [0.5, 0.6) is 0 Å². The van der Waals surface area contributed by atoms with Gasteiger partial charge in [0, 0.05) is 0 Å². The summed E-state index contributed by atoms with van der Waals surface area (Å²) >= 11 is 0. The van der Waals surface area contributed by atoms with Gasteiger partial charge < -0.3 is 4.57 Å². The Bertz CT molecular complexity index is 247. The molecule has 0 N–H and O–H groups in total. The third-order valence-corrected chi connectivity index (χ3v) is 2.64. The zero-order valence-corrected chi connectivity index (χ0v) is 6.98. The van der Waals surface area contributed by atoms with Gasteiger partial charge in [0.1, 0.15) is 7.14 Å². The molecule has 0 radical (unpaired) electrons. The second-order valence-electron chi connectivity index (χ2n) is 2.53. The smallest absolute Gasteiger partial charge is 0.117 e. The van der Waals surface area contributed by atoms with Crippen LogP contribution in [0.3, 0.4) is 0 Å². The van der Waals surface area contributed by atoms with Crippen molar-refractivity contribution in [3.8, 4) is 0 Å². The minimum atomic E-state index is -2.10. The lowest BCUT2D eigenvalue weighted by Crippen LogP contribution is -1.98. The number of rotatable bonds is 1. The van der Waals surface area contributed by atoms with Crippen LogP contribution in [0.1, 0.15) is 0 Å². The SMILES string of the molecule is CP(C)(=O)c1c#cccc1. The highest BCUT2D eigenvalue weighted by Gasteiger charge is 2.08. The number of hydrogen-bond acceptors (Lipinski definition) is 1. The van der Waals surface area contributed by atoms with E-state index in [1.54, 1.807) is 19.4 Å². The Labute approximate surface area is 61.5 Å². The summed E-state index contributed by atoms with van der Waals surface area (Å²) in [5.74, 6) is 0. The largest absolute Gasteiger partial charge is 0.319 e. The average Bonchev–Trinajstić information content (AvgIpc) is 1.88. The van der Waals surface area contributed by atoms with Gasteiger partial charge >= 0.3 is 0 Å². The molecule has 0 fully saturated rings. The molecule has 52 valence electrons. The third kappa shape index (κ3) is 1.62. The topological polar surface area (TPSA) is 17.1 Å².